The first kappa shape index (κ1) is 11.6. The third-order valence-electron chi connectivity index (χ3n) is 3.66. The maximum atomic E-state index is 5.88. The molecule has 2 nitrogen and oxygen atoms in total. The number of hydrogen-bond donors (Lipinski definition) is 2. The Balaban J connectivity index is 2.30. The van der Waals surface area contributed by atoms with E-state index in [1.54, 1.807) is 0 Å². The lowest BCUT2D eigenvalue weighted by Gasteiger charge is -2.33. The lowest BCUT2D eigenvalue weighted by molar-refractivity contribution is 0.290. The molecule has 1 fully saturated rings. The van der Waals surface area contributed by atoms with Crippen LogP contribution in [-0.2, 0) is 0 Å². The largest absolute Gasteiger partial charge is 0.330 e. The number of benzene rings is 1. The van der Waals surface area contributed by atoms with Gasteiger partial charge in [-0.25, -0.2) is 0 Å². The zero-order chi connectivity index (χ0) is 11.5. The summed E-state index contributed by atoms with van der Waals surface area (Å²) >= 11 is 0. The maximum Gasteiger partial charge on any atom is 0.0363 e. The standard InChI is InChI=1S/C14H22N2/c1-10-5-6-11(2)13(8-10)14-12(9-15)4-3-7-16-14/h5-6,8,12,14,16H,3-4,7,9,15H2,1-2H3/t12-,14+/m1/s1. The van der Waals surface area contributed by atoms with E-state index >= 15 is 0 Å². The van der Waals surface area contributed by atoms with Crippen molar-refractivity contribution >= 4 is 0 Å². The van der Waals surface area contributed by atoms with Gasteiger partial charge in [0.25, 0.3) is 0 Å². The van der Waals surface area contributed by atoms with Crippen molar-refractivity contribution in [3.05, 3.63) is 34.9 Å². The number of hydrogen-bond acceptors (Lipinski definition) is 2. The Hall–Kier alpha value is -0.860. The zero-order valence-electron chi connectivity index (χ0n) is 10.3. The zero-order valence-corrected chi connectivity index (χ0v) is 10.3. The molecule has 1 heterocycles. The van der Waals surface area contributed by atoms with Gasteiger partial charge in [-0.3, -0.25) is 0 Å². The third kappa shape index (κ3) is 2.28. The molecule has 0 aromatic heterocycles. The molecular formula is C14H22N2. The van der Waals surface area contributed by atoms with E-state index in [1.165, 1.54) is 29.5 Å². The van der Waals surface area contributed by atoms with Crippen LogP contribution in [0.2, 0.25) is 0 Å². The minimum absolute atomic E-state index is 0.457. The quantitative estimate of drug-likeness (QED) is 0.799. The predicted octanol–water partition coefficient (Wildman–Crippen LogP) is 2.30. The fourth-order valence-electron chi connectivity index (χ4n) is 2.67. The number of nitrogens with two attached hydrogens (primary N) is 1. The van der Waals surface area contributed by atoms with Crippen molar-refractivity contribution in [2.24, 2.45) is 11.7 Å². The van der Waals surface area contributed by atoms with Gasteiger partial charge in [-0.1, -0.05) is 23.8 Å². The van der Waals surface area contributed by atoms with Crippen LogP contribution in [0, 0.1) is 19.8 Å². The first-order valence-electron chi connectivity index (χ1n) is 6.23. The topological polar surface area (TPSA) is 38.0 Å². The van der Waals surface area contributed by atoms with Crippen LogP contribution >= 0.6 is 0 Å². The maximum absolute atomic E-state index is 5.88. The molecular weight excluding hydrogens is 196 g/mol. The molecule has 1 aliphatic heterocycles. The second-order valence-corrected chi connectivity index (χ2v) is 4.93. The fourth-order valence-corrected chi connectivity index (χ4v) is 2.67. The summed E-state index contributed by atoms with van der Waals surface area (Å²) < 4.78 is 0. The van der Waals surface area contributed by atoms with Crippen LogP contribution in [0.25, 0.3) is 0 Å². The van der Waals surface area contributed by atoms with Gasteiger partial charge in [-0.05, 0) is 56.8 Å². The van der Waals surface area contributed by atoms with E-state index in [0.717, 1.165) is 13.1 Å². The van der Waals surface area contributed by atoms with Gasteiger partial charge in [-0.15, -0.1) is 0 Å². The van der Waals surface area contributed by atoms with Crippen LogP contribution in [0.4, 0.5) is 0 Å². The molecule has 16 heavy (non-hydrogen) atoms. The summed E-state index contributed by atoms with van der Waals surface area (Å²) in [5.41, 5.74) is 10.0. The summed E-state index contributed by atoms with van der Waals surface area (Å²) in [6.07, 6.45) is 2.50. The molecule has 2 heteroatoms. The van der Waals surface area contributed by atoms with Gasteiger partial charge < -0.3 is 11.1 Å². The van der Waals surface area contributed by atoms with E-state index in [-0.39, 0.29) is 0 Å². The molecule has 0 unspecified atom stereocenters. The number of aryl methyl sites for hydroxylation is 2. The van der Waals surface area contributed by atoms with Crippen molar-refractivity contribution in [2.75, 3.05) is 13.1 Å². The molecule has 0 amide bonds. The average molecular weight is 218 g/mol. The number of piperidine rings is 1. The summed E-state index contributed by atoms with van der Waals surface area (Å²) in [7, 11) is 0. The lowest BCUT2D eigenvalue weighted by Crippen LogP contribution is -2.38. The van der Waals surface area contributed by atoms with Crippen molar-refractivity contribution < 1.29 is 0 Å². The highest BCUT2D eigenvalue weighted by Crippen LogP contribution is 2.30. The predicted molar refractivity (Wildman–Crippen MR) is 68.4 cm³/mol. The molecule has 0 radical (unpaired) electrons. The highest BCUT2D eigenvalue weighted by molar-refractivity contribution is 5.33. The van der Waals surface area contributed by atoms with Crippen molar-refractivity contribution in [3.63, 3.8) is 0 Å². The Bertz CT molecular complexity index is 360. The van der Waals surface area contributed by atoms with E-state index in [4.69, 9.17) is 5.73 Å². The van der Waals surface area contributed by atoms with Crippen LogP contribution in [-0.4, -0.2) is 13.1 Å². The summed E-state index contributed by atoms with van der Waals surface area (Å²) in [4.78, 5) is 0. The Labute approximate surface area is 98.2 Å². The Morgan fingerprint density at radius 2 is 2.19 bits per heavy atom. The van der Waals surface area contributed by atoms with E-state index in [1.807, 2.05) is 0 Å². The van der Waals surface area contributed by atoms with Crippen molar-refractivity contribution in [2.45, 2.75) is 32.7 Å². The Morgan fingerprint density at radius 3 is 2.94 bits per heavy atom. The number of nitrogens with one attached hydrogen (secondary N) is 1. The molecule has 2 atom stereocenters. The Kier molecular flexibility index (Phi) is 3.62. The van der Waals surface area contributed by atoms with Gasteiger partial charge in [0, 0.05) is 6.04 Å². The normalized spacial score (nSPS) is 25.7. The molecule has 88 valence electrons. The molecule has 0 saturated carbocycles. The van der Waals surface area contributed by atoms with Crippen molar-refractivity contribution in [3.8, 4) is 0 Å². The molecule has 0 aliphatic carbocycles. The Morgan fingerprint density at radius 1 is 1.38 bits per heavy atom. The first-order chi connectivity index (χ1) is 7.72. The van der Waals surface area contributed by atoms with Crippen LogP contribution in [0.5, 0.6) is 0 Å². The SMILES string of the molecule is Cc1ccc(C)c([C@H]2NCCC[C@@H]2CN)c1. The fraction of sp³-hybridized carbons (Fsp3) is 0.571. The minimum atomic E-state index is 0.457. The second kappa shape index (κ2) is 4.98. The van der Waals surface area contributed by atoms with Gasteiger partial charge >= 0.3 is 0 Å². The molecule has 1 aromatic rings. The lowest BCUT2D eigenvalue weighted by atomic mass is 9.84. The monoisotopic (exact) mass is 218 g/mol. The van der Waals surface area contributed by atoms with E-state index in [2.05, 4.69) is 37.4 Å². The molecule has 0 bridgehead atoms. The smallest absolute Gasteiger partial charge is 0.0363 e. The van der Waals surface area contributed by atoms with Crippen molar-refractivity contribution in [1.82, 2.24) is 5.32 Å². The summed E-state index contributed by atoms with van der Waals surface area (Å²) in [6.45, 7) is 6.25. The highest BCUT2D eigenvalue weighted by Gasteiger charge is 2.25. The van der Waals surface area contributed by atoms with Gasteiger partial charge in [0.05, 0.1) is 0 Å². The molecule has 3 N–H and O–H groups in total. The van der Waals surface area contributed by atoms with Crippen molar-refractivity contribution in [1.29, 1.82) is 0 Å². The van der Waals surface area contributed by atoms with Gasteiger partial charge in [0.15, 0.2) is 0 Å². The molecule has 1 aromatic carbocycles. The van der Waals surface area contributed by atoms with E-state index < -0.39 is 0 Å². The van der Waals surface area contributed by atoms with Crippen LogP contribution in [0.3, 0.4) is 0 Å². The van der Waals surface area contributed by atoms with E-state index in [0.29, 0.717) is 12.0 Å². The van der Waals surface area contributed by atoms with Gasteiger partial charge in [0.2, 0.25) is 0 Å². The summed E-state index contributed by atoms with van der Waals surface area (Å²) in [6, 6.07) is 7.16. The van der Waals surface area contributed by atoms with Crippen LogP contribution < -0.4 is 11.1 Å². The average Bonchev–Trinajstić information content (AvgIpc) is 2.32. The molecule has 1 aliphatic rings. The summed E-state index contributed by atoms with van der Waals surface area (Å²) in [5.74, 6) is 0.592. The van der Waals surface area contributed by atoms with Crippen LogP contribution in [0.15, 0.2) is 18.2 Å². The third-order valence-corrected chi connectivity index (χ3v) is 3.66. The van der Waals surface area contributed by atoms with Gasteiger partial charge in [0.1, 0.15) is 0 Å². The summed E-state index contributed by atoms with van der Waals surface area (Å²) in [5, 5.41) is 3.62. The minimum Gasteiger partial charge on any atom is -0.330 e. The van der Waals surface area contributed by atoms with E-state index in [9.17, 15) is 0 Å². The molecule has 2 rings (SSSR count). The van der Waals surface area contributed by atoms with Gasteiger partial charge in [-0.2, -0.15) is 0 Å². The second-order valence-electron chi connectivity index (χ2n) is 4.93. The highest BCUT2D eigenvalue weighted by atomic mass is 14.9. The molecule has 1 saturated heterocycles. The first-order valence-corrected chi connectivity index (χ1v) is 6.23. The van der Waals surface area contributed by atoms with Crippen LogP contribution in [0.1, 0.15) is 35.6 Å². The number of rotatable bonds is 2. The molecule has 0 spiro atoms.